The molecule has 7 heteroatoms. The number of halogens is 1. The monoisotopic (exact) mass is 349 g/mol. The molecule has 0 atom stereocenters. The molecule has 1 aromatic heterocycles. The van der Waals surface area contributed by atoms with E-state index in [9.17, 15) is 4.79 Å². The van der Waals surface area contributed by atoms with Gasteiger partial charge in [-0.15, -0.1) is 0 Å². The summed E-state index contributed by atoms with van der Waals surface area (Å²) in [6.45, 7) is 0. The molecule has 1 amide bonds. The average molecular weight is 350 g/mol. The lowest BCUT2D eigenvalue weighted by Crippen LogP contribution is -2.14. The summed E-state index contributed by atoms with van der Waals surface area (Å²) in [6.07, 6.45) is 1.47. The lowest BCUT2D eigenvalue weighted by atomic mass is 10.2. The van der Waals surface area contributed by atoms with Crippen LogP contribution in [0.5, 0.6) is 0 Å². The zero-order chi connectivity index (χ0) is 17.6. The number of carbonyl (C=O) groups is 1. The van der Waals surface area contributed by atoms with E-state index in [0.29, 0.717) is 22.0 Å². The minimum atomic E-state index is -0.374. The van der Waals surface area contributed by atoms with Crippen LogP contribution in [0.2, 0.25) is 5.02 Å². The van der Waals surface area contributed by atoms with Crippen molar-refractivity contribution in [3.05, 3.63) is 77.1 Å². The molecule has 0 saturated heterocycles. The first-order valence-corrected chi connectivity index (χ1v) is 7.69. The number of para-hydroxylation sites is 1. The molecule has 25 heavy (non-hydrogen) atoms. The molecule has 0 saturated carbocycles. The number of nitriles is 1. The summed E-state index contributed by atoms with van der Waals surface area (Å²) >= 11 is 5.82. The van der Waals surface area contributed by atoms with E-state index in [4.69, 9.17) is 16.9 Å². The van der Waals surface area contributed by atoms with Gasteiger partial charge in [0.1, 0.15) is 11.8 Å². The number of hydrogen-bond acceptors (Lipinski definition) is 5. The number of rotatable bonds is 4. The first-order chi connectivity index (χ1) is 12.2. The summed E-state index contributed by atoms with van der Waals surface area (Å²) in [5.41, 5.74) is 1.83. The van der Waals surface area contributed by atoms with Crippen molar-refractivity contribution < 1.29 is 4.79 Å². The number of anilines is 3. The third-order valence-electron chi connectivity index (χ3n) is 3.28. The Bertz CT molecular complexity index is 950. The fourth-order valence-electron chi connectivity index (χ4n) is 2.08. The van der Waals surface area contributed by atoms with Gasteiger partial charge in [0, 0.05) is 16.9 Å². The number of nitrogens with one attached hydrogen (secondary N) is 2. The van der Waals surface area contributed by atoms with Crippen molar-refractivity contribution >= 4 is 34.8 Å². The molecule has 0 spiro atoms. The summed E-state index contributed by atoms with van der Waals surface area (Å²) in [6, 6.07) is 17.3. The van der Waals surface area contributed by atoms with Crippen LogP contribution in [0, 0.1) is 11.3 Å². The van der Waals surface area contributed by atoms with Gasteiger partial charge in [0.25, 0.3) is 5.91 Å². The van der Waals surface area contributed by atoms with Gasteiger partial charge in [0.2, 0.25) is 5.95 Å². The first-order valence-electron chi connectivity index (χ1n) is 7.32. The Kier molecular flexibility index (Phi) is 4.88. The third-order valence-corrected chi connectivity index (χ3v) is 3.54. The zero-order valence-corrected chi connectivity index (χ0v) is 13.7. The Morgan fingerprint density at radius 2 is 1.84 bits per heavy atom. The van der Waals surface area contributed by atoms with Crippen molar-refractivity contribution in [2.45, 2.75) is 0 Å². The summed E-state index contributed by atoms with van der Waals surface area (Å²) in [7, 11) is 0. The number of nitrogens with zero attached hydrogens (tertiary/aromatic N) is 3. The van der Waals surface area contributed by atoms with Gasteiger partial charge < -0.3 is 10.6 Å². The number of hydrogen-bond donors (Lipinski definition) is 2. The Balaban J connectivity index is 1.78. The topological polar surface area (TPSA) is 90.7 Å². The van der Waals surface area contributed by atoms with Gasteiger partial charge in [0.15, 0.2) is 0 Å². The molecule has 122 valence electrons. The van der Waals surface area contributed by atoms with Crippen molar-refractivity contribution in [3.8, 4) is 6.07 Å². The van der Waals surface area contributed by atoms with Crippen LogP contribution in [0.1, 0.15) is 16.1 Å². The summed E-state index contributed by atoms with van der Waals surface area (Å²) in [5, 5.41) is 15.4. The SMILES string of the molecule is N#Cc1ccccc1Nc1nccc(C(=O)Nc2ccc(Cl)cc2)n1. The van der Waals surface area contributed by atoms with Crippen LogP contribution in [-0.4, -0.2) is 15.9 Å². The molecule has 0 aliphatic carbocycles. The van der Waals surface area contributed by atoms with E-state index in [2.05, 4.69) is 26.7 Å². The quantitative estimate of drug-likeness (QED) is 0.743. The van der Waals surface area contributed by atoms with Crippen LogP contribution in [0.3, 0.4) is 0 Å². The molecular formula is C18H12ClN5O. The number of benzene rings is 2. The Morgan fingerprint density at radius 3 is 2.60 bits per heavy atom. The second-order valence-electron chi connectivity index (χ2n) is 5.01. The van der Waals surface area contributed by atoms with Crippen LogP contribution in [0.25, 0.3) is 0 Å². The molecule has 0 fully saturated rings. The fourth-order valence-corrected chi connectivity index (χ4v) is 2.21. The number of aromatic nitrogens is 2. The summed E-state index contributed by atoms with van der Waals surface area (Å²) in [5.74, 6) is -0.146. The highest BCUT2D eigenvalue weighted by molar-refractivity contribution is 6.30. The number of amides is 1. The largest absolute Gasteiger partial charge is 0.323 e. The van der Waals surface area contributed by atoms with E-state index in [1.165, 1.54) is 12.3 Å². The van der Waals surface area contributed by atoms with Crippen LogP contribution in [0.4, 0.5) is 17.3 Å². The van der Waals surface area contributed by atoms with Gasteiger partial charge in [0.05, 0.1) is 11.3 Å². The Hall–Kier alpha value is -3.43. The molecule has 2 aromatic carbocycles. The molecule has 2 N–H and O–H groups in total. The molecule has 3 aromatic rings. The molecule has 0 unspecified atom stereocenters. The molecular weight excluding hydrogens is 338 g/mol. The van der Waals surface area contributed by atoms with Crippen molar-refractivity contribution in [2.75, 3.05) is 10.6 Å². The van der Waals surface area contributed by atoms with Crippen molar-refractivity contribution in [2.24, 2.45) is 0 Å². The fraction of sp³-hybridized carbons (Fsp3) is 0. The van der Waals surface area contributed by atoms with Gasteiger partial charge >= 0.3 is 0 Å². The van der Waals surface area contributed by atoms with Crippen LogP contribution in [-0.2, 0) is 0 Å². The highest BCUT2D eigenvalue weighted by Crippen LogP contribution is 2.18. The van der Waals surface area contributed by atoms with Gasteiger partial charge in [-0.25, -0.2) is 9.97 Å². The maximum absolute atomic E-state index is 12.3. The molecule has 1 heterocycles. The second-order valence-corrected chi connectivity index (χ2v) is 5.45. The van der Waals surface area contributed by atoms with Crippen LogP contribution in [0.15, 0.2) is 60.8 Å². The zero-order valence-electron chi connectivity index (χ0n) is 12.9. The minimum Gasteiger partial charge on any atom is -0.323 e. The predicted octanol–water partition coefficient (Wildman–Crippen LogP) is 4.00. The van der Waals surface area contributed by atoms with Crippen molar-refractivity contribution in [1.82, 2.24) is 9.97 Å². The minimum absolute atomic E-state index is 0.196. The van der Waals surface area contributed by atoms with E-state index >= 15 is 0 Å². The van der Waals surface area contributed by atoms with Gasteiger partial charge in [-0.05, 0) is 42.5 Å². The van der Waals surface area contributed by atoms with Gasteiger partial charge in [-0.1, -0.05) is 23.7 Å². The summed E-state index contributed by atoms with van der Waals surface area (Å²) < 4.78 is 0. The lowest BCUT2D eigenvalue weighted by Gasteiger charge is -2.08. The lowest BCUT2D eigenvalue weighted by molar-refractivity contribution is 0.102. The standard InChI is InChI=1S/C18H12ClN5O/c19-13-5-7-14(8-6-13)22-17(25)16-9-10-21-18(24-16)23-15-4-2-1-3-12(15)11-20/h1-10H,(H,22,25)(H,21,23,24). The molecule has 0 aliphatic heterocycles. The normalized spacial score (nSPS) is 9.92. The van der Waals surface area contributed by atoms with Crippen molar-refractivity contribution in [3.63, 3.8) is 0 Å². The molecule has 0 bridgehead atoms. The maximum Gasteiger partial charge on any atom is 0.274 e. The number of carbonyl (C=O) groups excluding carboxylic acids is 1. The Labute approximate surface area is 149 Å². The third kappa shape index (κ3) is 4.10. The Morgan fingerprint density at radius 1 is 1.08 bits per heavy atom. The van der Waals surface area contributed by atoms with Gasteiger partial charge in [-0.2, -0.15) is 5.26 Å². The smallest absolute Gasteiger partial charge is 0.274 e. The van der Waals surface area contributed by atoms with Crippen LogP contribution >= 0.6 is 11.6 Å². The van der Waals surface area contributed by atoms with E-state index in [1.54, 1.807) is 48.5 Å². The average Bonchev–Trinajstić information content (AvgIpc) is 2.64. The van der Waals surface area contributed by atoms with Crippen molar-refractivity contribution in [1.29, 1.82) is 5.26 Å². The summed E-state index contributed by atoms with van der Waals surface area (Å²) in [4.78, 5) is 20.6. The first kappa shape index (κ1) is 16.4. The molecule has 0 aliphatic rings. The second kappa shape index (κ2) is 7.43. The predicted molar refractivity (Wildman–Crippen MR) is 95.9 cm³/mol. The van der Waals surface area contributed by atoms with Crippen LogP contribution < -0.4 is 10.6 Å². The molecule has 0 radical (unpaired) electrons. The maximum atomic E-state index is 12.3. The van der Waals surface area contributed by atoms with E-state index in [-0.39, 0.29) is 17.5 Å². The van der Waals surface area contributed by atoms with E-state index in [0.717, 1.165) is 0 Å². The van der Waals surface area contributed by atoms with E-state index < -0.39 is 0 Å². The highest BCUT2D eigenvalue weighted by atomic mass is 35.5. The molecule has 6 nitrogen and oxygen atoms in total. The molecule has 3 rings (SSSR count). The van der Waals surface area contributed by atoms with Gasteiger partial charge in [-0.3, -0.25) is 4.79 Å². The highest BCUT2D eigenvalue weighted by Gasteiger charge is 2.10. The van der Waals surface area contributed by atoms with E-state index in [1.807, 2.05) is 0 Å².